The monoisotopic (exact) mass is 431 g/mol. The van der Waals surface area contributed by atoms with Crippen LogP contribution in [0.2, 0.25) is 5.02 Å². The highest BCUT2D eigenvalue weighted by atomic mass is 35.5. The number of pyridine rings is 1. The Morgan fingerprint density at radius 3 is 2.72 bits per heavy atom. The van der Waals surface area contributed by atoms with E-state index in [4.69, 9.17) is 11.6 Å². The molecule has 4 rings (SSSR count). The second-order valence-corrected chi connectivity index (χ2v) is 9.44. The molecule has 0 saturated heterocycles. The van der Waals surface area contributed by atoms with Crippen molar-refractivity contribution in [1.82, 2.24) is 4.40 Å². The highest BCUT2D eigenvalue weighted by molar-refractivity contribution is 7.99. The Morgan fingerprint density at radius 1 is 1.34 bits per heavy atom. The van der Waals surface area contributed by atoms with Crippen molar-refractivity contribution in [3.05, 3.63) is 64.2 Å². The van der Waals surface area contributed by atoms with Crippen molar-refractivity contribution in [3.63, 3.8) is 0 Å². The number of fused-ring (bicyclic) bond motifs is 3. The van der Waals surface area contributed by atoms with E-state index in [2.05, 4.69) is 13.8 Å². The number of carboxylic acid groups (broad SMARTS) is 1. The summed E-state index contributed by atoms with van der Waals surface area (Å²) >= 11 is 7.67. The molecule has 1 aliphatic carbocycles. The number of carbonyl (C=O) groups is 1. The second-order valence-electron chi connectivity index (χ2n) is 7.92. The molecule has 152 valence electrons. The molecule has 0 saturated carbocycles. The fourth-order valence-corrected chi connectivity index (χ4v) is 5.68. The van der Waals surface area contributed by atoms with Crippen molar-refractivity contribution < 1.29 is 14.3 Å². The first-order chi connectivity index (χ1) is 13.8. The van der Waals surface area contributed by atoms with E-state index in [1.165, 1.54) is 0 Å². The van der Waals surface area contributed by atoms with Crippen molar-refractivity contribution in [2.45, 2.75) is 61.2 Å². The number of aromatic nitrogens is 1. The average molecular weight is 432 g/mol. The molecule has 0 radical (unpaired) electrons. The van der Waals surface area contributed by atoms with Gasteiger partial charge in [0.2, 0.25) is 0 Å². The van der Waals surface area contributed by atoms with E-state index >= 15 is 0 Å². The Kier molecular flexibility index (Phi) is 5.63. The maximum Gasteiger partial charge on any atom is 0.303 e. The summed E-state index contributed by atoms with van der Waals surface area (Å²) in [7, 11) is 0. The minimum absolute atomic E-state index is 0.0611. The Bertz CT molecular complexity index is 1070. The maximum absolute atomic E-state index is 14.5. The van der Waals surface area contributed by atoms with E-state index in [1.54, 1.807) is 24.0 Å². The van der Waals surface area contributed by atoms with Crippen LogP contribution in [-0.4, -0.2) is 15.5 Å². The summed E-state index contributed by atoms with van der Waals surface area (Å²) < 4.78 is 16.5. The number of nitrogens with zero attached hydrogens (tertiary/aromatic N) is 1. The van der Waals surface area contributed by atoms with Gasteiger partial charge in [-0.1, -0.05) is 37.2 Å². The molecule has 1 unspecified atom stereocenters. The van der Waals surface area contributed by atoms with Crippen LogP contribution in [0.5, 0.6) is 0 Å². The number of hydrogen-bond donors (Lipinski definition) is 1. The molecular weight excluding hydrogens is 409 g/mol. The standard InChI is InChI=1S/C23H23ClFNO2S/c1-13(2)18-11-16(25)12-26-19-5-3-4-14(10-20(27)28)21(19)23(22(18)26)29-17-8-6-15(24)7-9-17/h6-9,11-14H,3-5,10H2,1-2H3,(H,27,28). The van der Waals surface area contributed by atoms with Gasteiger partial charge < -0.3 is 9.51 Å². The van der Waals surface area contributed by atoms with Crippen LogP contribution in [0.15, 0.2) is 46.3 Å². The fourth-order valence-electron chi connectivity index (χ4n) is 4.34. The maximum atomic E-state index is 14.5. The van der Waals surface area contributed by atoms with Crippen LogP contribution < -0.4 is 0 Å². The van der Waals surface area contributed by atoms with E-state index < -0.39 is 5.97 Å². The van der Waals surface area contributed by atoms with Gasteiger partial charge >= 0.3 is 5.97 Å². The molecule has 2 heterocycles. The first-order valence-corrected chi connectivity index (χ1v) is 11.1. The van der Waals surface area contributed by atoms with Gasteiger partial charge in [-0.05, 0) is 72.6 Å². The molecule has 1 atom stereocenters. The average Bonchev–Trinajstić information content (AvgIpc) is 2.97. The van der Waals surface area contributed by atoms with Crippen LogP contribution in [0.1, 0.15) is 61.8 Å². The van der Waals surface area contributed by atoms with Gasteiger partial charge in [0, 0.05) is 26.7 Å². The third kappa shape index (κ3) is 3.90. The molecule has 0 aliphatic heterocycles. The molecule has 0 spiro atoms. The number of carboxylic acids is 1. The lowest BCUT2D eigenvalue weighted by Crippen LogP contribution is -2.14. The third-order valence-electron chi connectivity index (χ3n) is 5.57. The van der Waals surface area contributed by atoms with Gasteiger partial charge in [-0.25, -0.2) is 4.39 Å². The zero-order valence-corrected chi connectivity index (χ0v) is 18.0. The van der Waals surface area contributed by atoms with Gasteiger partial charge in [-0.2, -0.15) is 0 Å². The van der Waals surface area contributed by atoms with Crippen molar-refractivity contribution in [2.24, 2.45) is 0 Å². The van der Waals surface area contributed by atoms with Crippen LogP contribution in [0, 0.1) is 5.82 Å². The van der Waals surface area contributed by atoms with Gasteiger partial charge in [0.15, 0.2) is 0 Å². The van der Waals surface area contributed by atoms with Gasteiger partial charge in [0.05, 0.1) is 11.9 Å². The van der Waals surface area contributed by atoms with Gasteiger partial charge in [0.1, 0.15) is 5.82 Å². The van der Waals surface area contributed by atoms with Crippen LogP contribution in [0.3, 0.4) is 0 Å². The molecule has 0 bridgehead atoms. The lowest BCUT2D eigenvalue weighted by atomic mass is 9.84. The summed E-state index contributed by atoms with van der Waals surface area (Å²) in [6.07, 6.45) is 4.22. The predicted octanol–water partition coefficient (Wildman–Crippen LogP) is 6.90. The fraction of sp³-hybridized carbons (Fsp3) is 0.348. The summed E-state index contributed by atoms with van der Waals surface area (Å²) in [5.74, 6) is -0.973. The molecule has 3 aromatic rings. The highest BCUT2D eigenvalue weighted by Gasteiger charge is 2.31. The summed E-state index contributed by atoms with van der Waals surface area (Å²) in [5.41, 5.74) is 4.08. The van der Waals surface area contributed by atoms with Gasteiger partial charge in [-0.15, -0.1) is 0 Å². The Hall–Kier alpha value is -1.98. The molecule has 6 heteroatoms. The summed E-state index contributed by atoms with van der Waals surface area (Å²) in [6.45, 7) is 4.12. The summed E-state index contributed by atoms with van der Waals surface area (Å²) in [6, 6.07) is 9.26. The second kappa shape index (κ2) is 8.04. The zero-order valence-electron chi connectivity index (χ0n) is 16.4. The normalized spacial score (nSPS) is 16.4. The summed E-state index contributed by atoms with van der Waals surface area (Å²) in [4.78, 5) is 13.6. The van der Waals surface area contributed by atoms with Crippen molar-refractivity contribution >= 4 is 34.8 Å². The molecule has 1 aromatic carbocycles. The highest BCUT2D eigenvalue weighted by Crippen LogP contribution is 2.47. The predicted molar refractivity (Wildman–Crippen MR) is 115 cm³/mol. The van der Waals surface area contributed by atoms with E-state index in [0.29, 0.717) is 5.02 Å². The number of aryl methyl sites for hydroxylation is 1. The van der Waals surface area contributed by atoms with E-state index in [9.17, 15) is 14.3 Å². The number of rotatable bonds is 5. The lowest BCUT2D eigenvalue weighted by Gasteiger charge is -2.23. The van der Waals surface area contributed by atoms with Crippen LogP contribution in [0.25, 0.3) is 5.52 Å². The first-order valence-electron chi connectivity index (χ1n) is 9.86. The quantitative estimate of drug-likeness (QED) is 0.477. The lowest BCUT2D eigenvalue weighted by molar-refractivity contribution is -0.137. The van der Waals surface area contributed by atoms with Crippen molar-refractivity contribution in [2.75, 3.05) is 0 Å². The molecule has 3 nitrogen and oxygen atoms in total. The minimum Gasteiger partial charge on any atom is -0.481 e. The van der Waals surface area contributed by atoms with Crippen molar-refractivity contribution in [3.8, 4) is 0 Å². The first kappa shape index (κ1) is 20.3. The van der Waals surface area contributed by atoms with Gasteiger partial charge in [0.25, 0.3) is 0 Å². The molecule has 1 aliphatic rings. The minimum atomic E-state index is -0.796. The zero-order chi connectivity index (χ0) is 20.7. The Balaban J connectivity index is 1.99. The van der Waals surface area contributed by atoms with E-state index in [-0.39, 0.29) is 24.1 Å². The third-order valence-corrected chi connectivity index (χ3v) is 6.95. The molecule has 1 N–H and O–H groups in total. The Morgan fingerprint density at radius 2 is 2.07 bits per heavy atom. The van der Waals surface area contributed by atoms with Crippen molar-refractivity contribution in [1.29, 1.82) is 0 Å². The molecule has 0 fully saturated rings. The number of benzene rings is 1. The molecule has 29 heavy (non-hydrogen) atoms. The van der Waals surface area contributed by atoms with Crippen LogP contribution >= 0.6 is 23.4 Å². The number of aliphatic carboxylic acids is 1. The van der Waals surface area contributed by atoms with Gasteiger partial charge in [-0.3, -0.25) is 4.79 Å². The van der Waals surface area contributed by atoms with Crippen LogP contribution in [-0.2, 0) is 11.2 Å². The Labute approximate surface area is 178 Å². The SMILES string of the molecule is CC(C)c1cc(F)cn2c3c(c(Sc4ccc(Cl)cc4)c12)C(CC(=O)O)CCC3. The van der Waals surface area contributed by atoms with E-state index in [0.717, 1.165) is 51.4 Å². The molecule has 2 aromatic heterocycles. The van der Waals surface area contributed by atoms with E-state index in [1.807, 2.05) is 28.7 Å². The van der Waals surface area contributed by atoms with Crippen LogP contribution in [0.4, 0.5) is 4.39 Å². The topological polar surface area (TPSA) is 41.7 Å². The number of halogens is 2. The number of hydrogen-bond acceptors (Lipinski definition) is 2. The largest absolute Gasteiger partial charge is 0.481 e. The smallest absolute Gasteiger partial charge is 0.303 e. The summed E-state index contributed by atoms with van der Waals surface area (Å²) in [5, 5.41) is 10.1. The molecular formula is C23H23ClFNO2S. The molecule has 0 amide bonds.